The highest BCUT2D eigenvalue weighted by molar-refractivity contribution is 7.80. The third-order valence-electron chi connectivity index (χ3n) is 3.99. The summed E-state index contributed by atoms with van der Waals surface area (Å²) in [4.78, 5) is 12.5. The Kier molecular flexibility index (Phi) is 2.63. The molecule has 2 aliphatic rings. The van der Waals surface area contributed by atoms with Gasteiger partial charge in [-0.05, 0) is 24.8 Å². The van der Waals surface area contributed by atoms with E-state index < -0.39 is 5.41 Å². The van der Waals surface area contributed by atoms with Gasteiger partial charge in [0.15, 0.2) is 0 Å². The quantitative estimate of drug-likeness (QED) is 0.811. The summed E-state index contributed by atoms with van der Waals surface area (Å²) in [7, 11) is 0. The molecule has 1 aromatic carbocycles. The molecule has 2 unspecified atom stereocenters. The summed E-state index contributed by atoms with van der Waals surface area (Å²) >= 11 is 4.98. The van der Waals surface area contributed by atoms with Crippen LogP contribution in [0.3, 0.4) is 0 Å². The van der Waals surface area contributed by atoms with Crippen LogP contribution in [0, 0.1) is 5.41 Å². The lowest BCUT2D eigenvalue weighted by Gasteiger charge is -2.13. The van der Waals surface area contributed by atoms with Crippen molar-refractivity contribution >= 4 is 23.1 Å². The van der Waals surface area contributed by atoms with E-state index in [0.29, 0.717) is 10.9 Å². The molecule has 0 saturated heterocycles. The van der Waals surface area contributed by atoms with Crippen molar-refractivity contribution in [1.29, 1.82) is 0 Å². The fourth-order valence-electron chi connectivity index (χ4n) is 2.44. The highest BCUT2D eigenvalue weighted by atomic mass is 32.1. The molecule has 1 aromatic rings. The summed E-state index contributed by atoms with van der Waals surface area (Å²) < 4.78 is 0. The largest absolute Gasteiger partial charge is 0.392 e. The molecule has 2 atom stereocenters. The molecule has 18 heavy (non-hydrogen) atoms. The van der Waals surface area contributed by atoms with E-state index in [0.717, 1.165) is 19.3 Å². The summed E-state index contributed by atoms with van der Waals surface area (Å²) in [5, 5.41) is 3.08. The molecule has 0 heterocycles. The molecule has 2 fully saturated rings. The van der Waals surface area contributed by atoms with E-state index >= 15 is 0 Å². The van der Waals surface area contributed by atoms with Crippen LogP contribution in [0.5, 0.6) is 0 Å². The normalized spacial score (nSPS) is 27.3. The van der Waals surface area contributed by atoms with Crippen molar-refractivity contribution in [3.05, 3.63) is 35.9 Å². The van der Waals surface area contributed by atoms with Crippen LogP contribution in [0.4, 0.5) is 0 Å². The Hall–Kier alpha value is -1.42. The third kappa shape index (κ3) is 1.90. The molecule has 94 valence electrons. The number of hydrogen-bond acceptors (Lipinski definition) is 2. The second-order valence-electron chi connectivity index (χ2n) is 5.28. The molecule has 3 rings (SSSR count). The topological polar surface area (TPSA) is 55.1 Å². The van der Waals surface area contributed by atoms with Gasteiger partial charge in [0.1, 0.15) is 0 Å². The minimum Gasteiger partial charge on any atom is -0.392 e. The van der Waals surface area contributed by atoms with Crippen molar-refractivity contribution in [3.63, 3.8) is 0 Å². The van der Waals surface area contributed by atoms with Gasteiger partial charge in [0.05, 0.1) is 10.4 Å². The summed E-state index contributed by atoms with van der Waals surface area (Å²) in [5.74, 6) is 0.482. The predicted molar refractivity (Wildman–Crippen MR) is 74.2 cm³/mol. The molecule has 1 amide bonds. The highest BCUT2D eigenvalue weighted by Gasteiger charge is 2.54. The standard InChI is InChI=1S/C14H16N2OS/c15-12(18)14(6-7-14)13(17)16-11-8-10(11)9-4-2-1-3-5-9/h1-5,10-11H,6-8H2,(H2,15,18)(H,16,17). The van der Waals surface area contributed by atoms with Crippen LogP contribution in [0.2, 0.25) is 0 Å². The van der Waals surface area contributed by atoms with Crippen molar-refractivity contribution in [2.75, 3.05) is 0 Å². The maximum atomic E-state index is 12.1. The highest BCUT2D eigenvalue weighted by Crippen LogP contribution is 2.48. The Labute approximate surface area is 112 Å². The average Bonchev–Trinajstić information content (AvgIpc) is 3.24. The van der Waals surface area contributed by atoms with E-state index in [-0.39, 0.29) is 11.9 Å². The van der Waals surface area contributed by atoms with Crippen LogP contribution < -0.4 is 11.1 Å². The summed E-state index contributed by atoms with van der Waals surface area (Å²) in [6, 6.07) is 10.5. The van der Waals surface area contributed by atoms with Crippen LogP contribution in [0.25, 0.3) is 0 Å². The Morgan fingerprint density at radius 3 is 2.56 bits per heavy atom. The van der Waals surface area contributed by atoms with Crippen molar-refractivity contribution in [1.82, 2.24) is 5.32 Å². The molecule has 3 N–H and O–H groups in total. The summed E-state index contributed by atoms with van der Waals surface area (Å²) in [6.45, 7) is 0. The van der Waals surface area contributed by atoms with Gasteiger partial charge in [-0.2, -0.15) is 0 Å². The number of hydrogen-bond donors (Lipinski definition) is 2. The first-order valence-electron chi connectivity index (χ1n) is 6.29. The number of amides is 1. The first-order valence-corrected chi connectivity index (χ1v) is 6.70. The van der Waals surface area contributed by atoms with Gasteiger partial charge in [-0.25, -0.2) is 0 Å². The van der Waals surface area contributed by atoms with Gasteiger partial charge < -0.3 is 11.1 Å². The molecule has 0 bridgehead atoms. The molecule has 0 spiro atoms. The van der Waals surface area contributed by atoms with Crippen LogP contribution in [0.15, 0.2) is 30.3 Å². The van der Waals surface area contributed by atoms with Gasteiger partial charge in [-0.15, -0.1) is 0 Å². The van der Waals surface area contributed by atoms with Crippen LogP contribution in [-0.2, 0) is 4.79 Å². The fraction of sp³-hybridized carbons (Fsp3) is 0.429. The van der Waals surface area contributed by atoms with Gasteiger partial charge in [-0.3, -0.25) is 4.79 Å². The van der Waals surface area contributed by atoms with E-state index in [2.05, 4.69) is 17.4 Å². The zero-order valence-electron chi connectivity index (χ0n) is 10.1. The first-order chi connectivity index (χ1) is 8.63. The van der Waals surface area contributed by atoms with E-state index in [1.54, 1.807) is 0 Å². The van der Waals surface area contributed by atoms with Gasteiger partial charge >= 0.3 is 0 Å². The number of nitrogens with two attached hydrogens (primary N) is 1. The summed E-state index contributed by atoms with van der Waals surface area (Å²) in [5.41, 5.74) is 6.41. The number of thiocarbonyl (C=S) groups is 1. The Morgan fingerprint density at radius 1 is 1.33 bits per heavy atom. The van der Waals surface area contributed by atoms with Gasteiger partial charge in [-0.1, -0.05) is 42.5 Å². The third-order valence-corrected chi connectivity index (χ3v) is 4.38. The van der Waals surface area contributed by atoms with Crippen molar-refractivity contribution in [2.24, 2.45) is 11.1 Å². The van der Waals surface area contributed by atoms with Crippen molar-refractivity contribution < 1.29 is 4.79 Å². The Morgan fingerprint density at radius 2 is 2.00 bits per heavy atom. The van der Waals surface area contributed by atoms with Crippen molar-refractivity contribution in [2.45, 2.75) is 31.2 Å². The number of carbonyl (C=O) groups is 1. The number of nitrogens with one attached hydrogen (secondary N) is 1. The fourth-order valence-corrected chi connectivity index (χ4v) is 2.74. The second-order valence-corrected chi connectivity index (χ2v) is 5.72. The molecule has 3 nitrogen and oxygen atoms in total. The predicted octanol–water partition coefficient (Wildman–Crippen LogP) is 1.72. The molecule has 0 radical (unpaired) electrons. The van der Waals surface area contributed by atoms with Gasteiger partial charge in [0.25, 0.3) is 0 Å². The van der Waals surface area contributed by atoms with E-state index in [1.165, 1.54) is 5.56 Å². The number of carbonyl (C=O) groups excluding carboxylic acids is 1. The lowest BCUT2D eigenvalue weighted by molar-refractivity contribution is -0.124. The Bertz CT molecular complexity index is 496. The number of rotatable bonds is 4. The van der Waals surface area contributed by atoms with Gasteiger partial charge in [0.2, 0.25) is 5.91 Å². The first kappa shape index (κ1) is 11.7. The van der Waals surface area contributed by atoms with Crippen LogP contribution in [-0.4, -0.2) is 16.9 Å². The molecular weight excluding hydrogens is 244 g/mol. The molecule has 0 aliphatic heterocycles. The molecular formula is C14H16N2OS. The second kappa shape index (κ2) is 4.05. The molecule has 2 saturated carbocycles. The Balaban J connectivity index is 1.61. The minimum atomic E-state index is -0.529. The lowest BCUT2D eigenvalue weighted by atomic mass is 10.1. The maximum Gasteiger partial charge on any atom is 0.233 e. The monoisotopic (exact) mass is 260 g/mol. The number of benzene rings is 1. The molecule has 4 heteroatoms. The zero-order valence-corrected chi connectivity index (χ0v) is 10.9. The minimum absolute atomic E-state index is 0.0263. The smallest absolute Gasteiger partial charge is 0.233 e. The van der Waals surface area contributed by atoms with Crippen LogP contribution >= 0.6 is 12.2 Å². The van der Waals surface area contributed by atoms with Gasteiger partial charge in [0, 0.05) is 12.0 Å². The molecule has 0 aromatic heterocycles. The molecule has 2 aliphatic carbocycles. The zero-order chi connectivity index (χ0) is 12.8. The van der Waals surface area contributed by atoms with E-state index in [9.17, 15) is 4.79 Å². The average molecular weight is 260 g/mol. The van der Waals surface area contributed by atoms with E-state index in [1.807, 2.05) is 18.2 Å². The van der Waals surface area contributed by atoms with E-state index in [4.69, 9.17) is 18.0 Å². The summed E-state index contributed by atoms with van der Waals surface area (Å²) in [6.07, 6.45) is 2.62. The maximum absolute atomic E-state index is 12.1. The van der Waals surface area contributed by atoms with Crippen molar-refractivity contribution in [3.8, 4) is 0 Å². The SMILES string of the molecule is NC(=S)C1(C(=O)NC2CC2c2ccccc2)CC1. The lowest BCUT2D eigenvalue weighted by Crippen LogP contribution is -2.40. The van der Waals surface area contributed by atoms with Crippen LogP contribution in [0.1, 0.15) is 30.7 Å².